The van der Waals surface area contributed by atoms with Gasteiger partial charge in [0.25, 0.3) is 0 Å². The van der Waals surface area contributed by atoms with Crippen molar-refractivity contribution < 1.29 is 14.1 Å². The average molecular weight is 339 g/mol. The number of hydrogen-bond acceptors (Lipinski definition) is 5. The standard InChI is InChI=1S/C19H17NO5/c1-3-13-5-6-15-14(10-19(21)25-17(15)9-13)11-24-18-8-12(2)4-7-16(18)20(22)23/h4-10H,3,11H2,1-2H3. The molecule has 0 spiro atoms. The zero-order valence-electron chi connectivity index (χ0n) is 13.9. The maximum Gasteiger partial charge on any atom is 0.336 e. The highest BCUT2D eigenvalue weighted by atomic mass is 16.6. The van der Waals surface area contributed by atoms with Gasteiger partial charge in [0.1, 0.15) is 12.2 Å². The fourth-order valence-corrected chi connectivity index (χ4v) is 2.66. The molecule has 6 nitrogen and oxygen atoms in total. The van der Waals surface area contributed by atoms with E-state index in [0.717, 1.165) is 22.9 Å². The van der Waals surface area contributed by atoms with Gasteiger partial charge in [-0.1, -0.05) is 25.1 Å². The van der Waals surface area contributed by atoms with E-state index in [9.17, 15) is 14.9 Å². The Kier molecular flexibility index (Phi) is 4.52. The number of nitrogens with zero attached hydrogens (tertiary/aromatic N) is 1. The second-order valence-corrected chi connectivity index (χ2v) is 5.79. The highest BCUT2D eigenvalue weighted by Crippen LogP contribution is 2.29. The van der Waals surface area contributed by atoms with Gasteiger partial charge in [-0.2, -0.15) is 0 Å². The van der Waals surface area contributed by atoms with Crippen LogP contribution in [0.3, 0.4) is 0 Å². The number of aryl methyl sites for hydroxylation is 2. The normalized spacial score (nSPS) is 10.8. The SMILES string of the molecule is CCc1ccc2c(COc3cc(C)ccc3[N+](=O)[O-])cc(=O)oc2c1. The zero-order valence-corrected chi connectivity index (χ0v) is 13.9. The Morgan fingerprint density at radius 1 is 1.16 bits per heavy atom. The Hall–Kier alpha value is -3.15. The molecule has 0 bridgehead atoms. The van der Waals surface area contributed by atoms with Gasteiger partial charge in [0.2, 0.25) is 0 Å². The van der Waals surface area contributed by atoms with E-state index in [1.807, 2.05) is 32.0 Å². The lowest BCUT2D eigenvalue weighted by molar-refractivity contribution is -0.386. The minimum absolute atomic E-state index is 0.0395. The van der Waals surface area contributed by atoms with Crippen molar-refractivity contribution >= 4 is 16.7 Å². The molecule has 6 heteroatoms. The first-order valence-electron chi connectivity index (χ1n) is 7.91. The molecular weight excluding hydrogens is 322 g/mol. The maximum atomic E-state index is 11.8. The second kappa shape index (κ2) is 6.76. The molecule has 1 heterocycles. The topological polar surface area (TPSA) is 82.6 Å². The molecule has 0 saturated heterocycles. The lowest BCUT2D eigenvalue weighted by Gasteiger charge is -2.10. The molecular formula is C19H17NO5. The van der Waals surface area contributed by atoms with Crippen LogP contribution in [-0.2, 0) is 13.0 Å². The van der Waals surface area contributed by atoms with Gasteiger partial charge in [-0.15, -0.1) is 0 Å². The summed E-state index contributed by atoms with van der Waals surface area (Å²) in [5.74, 6) is 0.177. The molecule has 128 valence electrons. The lowest BCUT2D eigenvalue weighted by atomic mass is 10.1. The summed E-state index contributed by atoms with van der Waals surface area (Å²) < 4.78 is 10.9. The number of fused-ring (bicyclic) bond motifs is 1. The lowest BCUT2D eigenvalue weighted by Crippen LogP contribution is -2.05. The molecule has 0 N–H and O–H groups in total. The van der Waals surface area contributed by atoms with Gasteiger partial charge in [-0.05, 0) is 36.6 Å². The molecule has 0 radical (unpaired) electrons. The van der Waals surface area contributed by atoms with E-state index < -0.39 is 10.5 Å². The summed E-state index contributed by atoms with van der Waals surface area (Å²) in [6.45, 7) is 3.89. The summed E-state index contributed by atoms with van der Waals surface area (Å²) in [6, 6.07) is 11.7. The highest BCUT2D eigenvalue weighted by Gasteiger charge is 2.16. The van der Waals surface area contributed by atoms with Crippen molar-refractivity contribution in [1.29, 1.82) is 0 Å². The van der Waals surface area contributed by atoms with Crippen LogP contribution in [0, 0.1) is 17.0 Å². The van der Waals surface area contributed by atoms with Crippen molar-refractivity contribution in [3.63, 3.8) is 0 Å². The van der Waals surface area contributed by atoms with Gasteiger partial charge in [0.05, 0.1) is 4.92 Å². The summed E-state index contributed by atoms with van der Waals surface area (Å²) in [4.78, 5) is 22.5. The predicted octanol–water partition coefficient (Wildman–Crippen LogP) is 4.15. The van der Waals surface area contributed by atoms with Crippen molar-refractivity contribution in [3.05, 3.63) is 79.7 Å². The average Bonchev–Trinajstić information content (AvgIpc) is 2.58. The van der Waals surface area contributed by atoms with Gasteiger partial charge in [0.15, 0.2) is 5.75 Å². The van der Waals surface area contributed by atoms with Crippen LogP contribution in [-0.4, -0.2) is 4.92 Å². The minimum Gasteiger partial charge on any atom is -0.482 e. The number of hydrogen-bond donors (Lipinski definition) is 0. The third kappa shape index (κ3) is 3.52. The van der Waals surface area contributed by atoms with E-state index in [-0.39, 0.29) is 18.0 Å². The van der Waals surface area contributed by atoms with Crippen molar-refractivity contribution in [3.8, 4) is 5.75 Å². The first kappa shape index (κ1) is 16.7. The smallest absolute Gasteiger partial charge is 0.336 e. The molecule has 3 rings (SSSR count). The summed E-state index contributed by atoms with van der Waals surface area (Å²) in [7, 11) is 0. The molecule has 0 aliphatic rings. The van der Waals surface area contributed by atoms with E-state index in [1.165, 1.54) is 12.1 Å². The quantitative estimate of drug-likeness (QED) is 0.396. The van der Waals surface area contributed by atoms with Crippen LogP contribution in [0.4, 0.5) is 5.69 Å². The van der Waals surface area contributed by atoms with Crippen LogP contribution in [0.15, 0.2) is 51.7 Å². The Balaban J connectivity index is 1.98. The van der Waals surface area contributed by atoms with E-state index in [0.29, 0.717) is 11.1 Å². The van der Waals surface area contributed by atoms with Crippen LogP contribution in [0.1, 0.15) is 23.6 Å². The summed E-state index contributed by atoms with van der Waals surface area (Å²) in [5, 5.41) is 11.9. The fourth-order valence-electron chi connectivity index (χ4n) is 2.66. The van der Waals surface area contributed by atoms with Gasteiger partial charge >= 0.3 is 11.3 Å². The maximum absolute atomic E-state index is 11.8. The number of nitro groups is 1. The van der Waals surface area contributed by atoms with Crippen molar-refractivity contribution in [2.75, 3.05) is 0 Å². The van der Waals surface area contributed by atoms with Crippen LogP contribution >= 0.6 is 0 Å². The molecule has 1 aromatic heterocycles. The third-order valence-corrected chi connectivity index (χ3v) is 4.00. The Labute approximate surface area is 143 Å². The molecule has 0 amide bonds. The van der Waals surface area contributed by atoms with E-state index in [1.54, 1.807) is 12.1 Å². The number of nitro benzene ring substituents is 1. The minimum atomic E-state index is -0.486. The molecule has 0 aliphatic carbocycles. The van der Waals surface area contributed by atoms with Crippen LogP contribution in [0.5, 0.6) is 5.75 Å². The molecule has 25 heavy (non-hydrogen) atoms. The molecule has 0 saturated carbocycles. The monoisotopic (exact) mass is 339 g/mol. The van der Waals surface area contributed by atoms with Crippen molar-refractivity contribution in [2.45, 2.75) is 26.9 Å². The van der Waals surface area contributed by atoms with Gasteiger partial charge in [-0.25, -0.2) is 4.79 Å². The van der Waals surface area contributed by atoms with Crippen LogP contribution < -0.4 is 10.4 Å². The number of rotatable bonds is 5. The Morgan fingerprint density at radius 3 is 2.68 bits per heavy atom. The Morgan fingerprint density at radius 2 is 1.96 bits per heavy atom. The van der Waals surface area contributed by atoms with Gasteiger partial charge in [-0.3, -0.25) is 10.1 Å². The van der Waals surface area contributed by atoms with E-state index in [4.69, 9.17) is 9.15 Å². The molecule has 2 aromatic carbocycles. The Bertz CT molecular complexity index is 1010. The largest absolute Gasteiger partial charge is 0.482 e. The predicted molar refractivity (Wildman–Crippen MR) is 94.0 cm³/mol. The fraction of sp³-hybridized carbons (Fsp3) is 0.211. The first-order valence-corrected chi connectivity index (χ1v) is 7.91. The molecule has 0 fully saturated rings. The van der Waals surface area contributed by atoms with Crippen molar-refractivity contribution in [1.82, 2.24) is 0 Å². The van der Waals surface area contributed by atoms with Crippen molar-refractivity contribution in [2.24, 2.45) is 0 Å². The summed E-state index contributed by atoms with van der Waals surface area (Å²) >= 11 is 0. The summed E-state index contributed by atoms with van der Waals surface area (Å²) in [6.07, 6.45) is 0.829. The highest BCUT2D eigenvalue weighted by molar-refractivity contribution is 5.80. The molecule has 3 aromatic rings. The molecule has 0 atom stereocenters. The van der Waals surface area contributed by atoms with Gasteiger partial charge < -0.3 is 9.15 Å². The zero-order chi connectivity index (χ0) is 18.0. The third-order valence-electron chi connectivity index (χ3n) is 4.00. The number of ether oxygens (including phenoxy) is 1. The van der Waals surface area contributed by atoms with E-state index >= 15 is 0 Å². The van der Waals surface area contributed by atoms with E-state index in [2.05, 4.69) is 0 Å². The molecule has 0 unspecified atom stereocenters. The second-order valence-electron chi connectivity index (χ2n) is 5.79. The molecule has 0 aliphatic heterocycles. The van der Waals surface area contributed by atoms with Gasteiger partial charge in [0, 0.05) is 23.1 Å². The number of benzene rings is 2. The summed E-state index contributed by atoms with van der Waals surface area (Å²) in [5.41, 5.74) is 2.45. The van der Waals surface area contributed by atoms with Crippen LogP contribution in [0.25, 0.3) is 11.0 Å². The van der Waals surface area contributed by atoms with Crippen LogP contribution in [0.2, 0.25) is 0 Å². The first-order chi connectivity index (χ1) is 12.0.